The van der Waals surface area contributed by atoms with Crippen LogP contribution in [-0.4, -0.2) is 12.1 Å². The number of nitrogens with zero attached hydrogens (tertiary/aromatic N) is 1. The first-order valence-electron chi connectivity index (χ1n) is 5.48. The van der Waals surface area contributed by atoms with Crippen LogP contribution in [0.2, 0.25) is 0 Å². The van der Waals surface area contributed by atoms with Gasteiger partial charge in [0.1, 0.15) is 11.3 Å². The zero-order valence-electron chi connectivity index (χ0n) is 9.68. The molecule has 4 heteroatoms. The number of fused-ring (bicyclic) bond motifs is 1. The molecular weight excluding hydrogens is 294 g/mol. The SMILES string of the molecule is COc1ccccc1-c1nc2c(Br)cccc2o1. The van der Waals surface area contributed by atoms with Crippen molar-refractivity contribution >= 4 is 27.0 Å². The molecular formula is C14H10BrNO2. The summed E-state index contributed by atoms with van der Waals surface area (Å²) in [6, 6.07) is 13.4. The zero-order valence-corrected chi connectivity index (χ0v) is 11.3. The molecule has 1 heterocycles. The van der Waals surface area contributed by atoms with E-state index >= 15 is 0 Å². The highest BCUT2D eigenvalue weighted by molar-refractivity contribution is 9.10. The number of hydrogen-bond donors (Lipinski definition) is 0. The number of hydrogen-bond acceptors (Lipinski definition) is 3. The summed E-state index contributed by atoms with van der Waals surface area (Å²) < 4.78 is 12.0. The van der Waals surface area contributed by atoms with Crippen molar-refractivity contribution in [3.05, 3.63) is 46.9 Å². The van der Waals surface area contributed by atoms with Gasteiger partial charge < -0.3 is 9.15 Å². The summed E-state index contributed by atoms with van der Waals surface area (Å²) in [7, 11) is 1.64. The predicted octanol–water partition coefficient (Wildman–Crippen LogP) is 4.27. The summed E-state index contributed by atoms with van der Waals surface area (Å²) in [6.07, 6.45) is 0. The van der Waals surface area contributed by atoms with Gasteiger partial charge in [-0.25, -0.2) is 4.98 Å². The van der Waals surface area contributed by atoms with Crippen LogP contribution in [-0.2, 0) is 0 Å². The fourth-order valence-electron chi connectivity index (χ4n) is 1.85. The first-order chi connectivity index (χ1) is 8.79. The molecule has 0 saturated heterocycles. The molecule has 0 fully saturated rings. The maximum absolute atomic E-state index is 5.76. The lowest BCUT2D eigenvalue weighted by molar-refractivity contribution is 0.414. The van der Waals surface area contributed by atoms with Gasteiger partial charge >= 0.3 is 0 Å². The largest absolute Gasteiger partial charge is 0.496 e. The van der Waals surface area contributed by atoms with Gasteiger partial charge in [0.15, 0.2) is 5.58 Å². The number of methoxy groups -OCH3 is 1. The highest BCUT2D eigenvalue weighted by Crippen LogP contribution is 2.33. The van der Waals surface area contributed by atoms with Crippen molar-refractivity contribution in [2.24, 2.45) is 0 Å². The smallest absolute Gasteiger partial charge is 0.231 e. The highest BCUT2D eigenvalue weighted by Gasteiger charge is 2.13. The monoisotopic (exact) mass is 303 g/mol. The van der Waals surface area contributed by atoms with Gasteiger partial charge in [0.25, 0.3) is 0 Å². The van der Waals surface area contributed by atoms with Crippen LogP contribution in [0.3, 0.4) is 0 Å². The van der Waals surface area contributed by atoms with Crippen LogP contribution in [0.5, 0.6) is 5.75 Å². The van der Waals surface area contributed by atoms with Crippen molar-refractivity contribution in [1.29, 1.82) is 0 Å². The lowest BCUT2D eigenvalue weighted by Crippen LogP contribution is -1.86. The van der Waals surface area contributed by atoms with Crippen molar-refractivity contribution in [1.82, 2.24) is 4.98 Å². The third-order valence-corrected chi connectivity index (χ3v) is 3.35. The van der Waals surface area contributed by atoms with Crippen molar-refractivity contribution in [2.45, 2.75) is 0 Å². The maximum Gasteiger partial charge on any atom is 0.231 e. The molecule has 18 heavy (non-hydrogen) atoms. The molecule has 0 aliphatic rings. The average Bonchev–Trinajstić information content (AvgIpc) is 2.84. The molecule has 2 aromatic carbocycles. The van der Waals surface area contributed by atoms with Crippen molar-refractivity contribution in [3.63, 3.8) is 0 Å². The lowest BCUT2D eigenvalue weighted by Gasteiger charge is -2.03. The van der Waals surface area contributed by atoms with E-state index in [4.69, 9.17) is 9.15 Å². The van der Waals surface area contributed by atoms with Gasteiger partial charge in [-0.05, 0) is 40.2 Å². The van der Waals surface area contributed by atoms with E-state index in [1.807, 2.05) is 42.5 Å². The molecule has 0 spiro atoms. The Kier molecular flexibility index (Phi) is 2.80. The van der Waals surface area contributed by atoms with Crippen molar-refractivity contribution < 1.29 is 9.15 Å². The average molecular weight is 304 g/mol. The number of ether oxygens (including phenoxy) is 1. The summed E-state index contributed by atoms with van der Waals surface area (Å²) in [5.74, 6) is 1.31. The first-order valence-corrected chi connectivity index (χ1v) is 6.27. The Labute approximate surface area is 113 Å². The standard InChI is InChI=1S/C14H10BrNO2/c1-17-11-7-3-2-5-9(11)14-16-13-10(15)6-4-8-12(13)18-14/h2-8H,1H3. The number of para-hydroxylation sites is 2. The second-order valence-corrected chi connectivity index (χ2v) is 4.66. The van der Waals surface area contributed by atoms with E-state index in [-0.39, 0.29) is 0 Å². The van der Waals surface area contributed by atoms with Crippen LogP contribution < -0.4 is 4.74 Å². The van der Waals surface area contributed by atoms with Gasteiger partial charge in [0.2, 0.25) is 5.89 Å². The Morgan fingerprint density at radius 1 is 1.11 bits per heavy atom. The van der Waals surface area contributed by atoms with Crippen LogP contribution in [0, 0.1) is 0 Å². The van der Waals surface area contributed by atoms with Gasteiger partial charge in [-0.3, -0.25) is 0 Å². The maximum atomic E-state index is 5.76. The quantitative estimate of drug-likeness (QED) is 0.709. The Bertz CT molecular complexity index is 706. The third kappa shape index (κ3) is 1.78. The minimum atomic E-state index is 0.564. The van der Waals surface area contributed by atoms with E-state index in [9.17, 15) is 0 Å². The topological polar surface area (TPSA) is 35.3 Å². The van der Waals surface area contributed by atoms with Crippen LogP contribution in [0.4, 0.5) is 0 Å². The molecule has 0 aliphatic carbocycles. The lowest BCUT2D eigenvalue weighted by atomic mass is 10.2. The Morgan fingerprint density at radius 2 is 1.94 bits per heavy atom. The summed E-state index contributed by atoms with van der Waals surface area (Å²) in [5.41, 5.74) is 2.42. The Morgan fingerprint density at radius 3 is 2.72 bits per heavy atom. The fraction of sp³-hybridized carbons (Fsp3) is 0.0714. The van der Waals surface area contributed by atoms with E-state index in [1.54, 1.807) is 7.11 Å². The summed E-state index contributed by atoms with van der Waals surface area (Å²) in [6.45, 7) is 0. The Hall–Kier alpha value is -1.81. The minimum Gasteiger partial charge on any atom is -0.496 e. The van der Waals surface area contributed by atoms with Crippen LogP contribution >= 0.6 is 15.9 Å². The molecule has 0 radical (unpaired) electrons. The molecule has 0 bridgehead atoms. The van der Waals surface area contributed by atoms with Crippen LogP contribution in [0.1, 0.15) is 0 Å². The van der Waals surface area contributed by atoms with E-state index in [0.29, 0.717) is 5.89 Å². The summed E-state index contributed by atoms with van der Waals surface area (Å²) in [5, 5.41) is 0. The molecule has 0 N–H and O–H groups in total. The molecule has 0 atom stereocenters. The molecule has 0 saturated carbocycles. The van der Waals surface area contributed by atoms with Crippen molar-refractivity contribution in [3.8, 4) is 17.2 Å². The number of aromatic nitrogens is 1. The minimum absolute atomic E-state index is 0.564. The number of oxazole rings is 1. The summed E-state index contributed by atoms with van der Waals surface area (Å²) in [4.78, 5) is 4.50. The summed E-state index contributed by atoms with van der Waals surface area (Å²) >= 11 is 3.46. The van der Waals surface area contributed by atoms with Gasteiger partial charge in [0.05, 0.1) is 12.7 Å². The molecule has 3 aromatic rings. The number of rotatable bonds is 2. The highest BCUT2D eigenvalue weighted by atomic mass is 79.9. The van der Waals surface area contributed by atoms with Gasteiger partial charge in [0, 0.05) is 4.47 Å². The van der Waals surface area contributed by atoms with E-state index in [1.165, 1.54) is 0 Å². The van der Waals surface area contributed by atoms with Gasteiger partial charge in [-0.1, -0.05) is 18.2 Å². The normalized spacial score (nSPS) is 10.8. The molecule has 3 rings (SSSR count). The first kappa shape index (κ1) is 11.3. The Balaban J connectivity index is 2.23. The zero-order chi connectivity index (χ0) is 12.5. The van der Waals surface area contributed by atoms with Crippen molar-refractivity contribution in [2.75, 3.05) is 7.11 Å². The molecule has 0 amide bonds. The fourth-order valence-corrected chi connectivity index (χ4v) is 2.29. The van der Waals surface area contributed by atoms with Crippen LogP contribution in [0.25, 0.3) is 22.6 Å². The molecule has 90 valence electrons. The van der Waals surface area contributed by atoms with E-state index in [2.05, 4.69) is 20.9 Å². The van der Waals surface area contributed by atoms with Crippen LogP contribution in [0.15, 0.2) is 51.4 Å². The molecule has 3 nitrogen and oxygen atoms in total. The predicted molar refractivity (Wildman–Crippen MR) is 73.7 cm³/mol. The molecule has 1 aromatic heterocycles. The second-order valence-electron chi connectivity index (χ2n) is 3.81. The second kappa shape index (κ2) is 4.46. The molecule has 0 aliphatic heterocycles. The number of benzene rings is 2. The number of halogens is 1. The van der Waals surface area contributed by atoms with Gasteiger partial charge in [-0.15, -0.1) is 0 Å². The van der Waals surface area contributed by atoms with Gasteiger partial charge in [-0.2, -0.15) is 0 Å². The van der Waals surface area contributed by atoms with E-state index < -0.39 is 0 Å². The molecule has 0 unspecified atom stereocenters. The van der Waals surface area contributed by atoms with E-state index in [0.717, 1.165) is 26.9 Å². The third-order valence-electron chi connectivity index (χ3n) is 2.71.